The molecule has 2 amide bonds. The van der Waals surface area contributed by atoms with Crippen LogP contribution in [-0.4, -0.2) is 68.9 Å². The fraction of sp³-hybridized carbons (Fsp3) is 0.432. The third-order valence-corrected chi connectivity index (χ3v) is 13.7. The first-order valence-electron chi connectivity index (χ1n) is 19.5. The van der Waals surface area contributed by atoms with E-state index < -0.39 is 69.7 Å². The maximum Gasteiger partial charge on any atom is 0.238 e. The van der Waals surface area contributed by atoms with Gasteiger partial charge in [-0.25, -0.2) is 13.8 Å². The van der Waals surface area contributed by atoms with E-state index >= 15 is 18.4 Å². The zero-order chi connectivity index (χ0) is 40.3. The third-order valence-electron chi connectivity index (χ3n) is 13.1. The molecule has 9 nitrogen and oxygen atoms in total. The minimum Gasteiger partial charge on any atom is -0.394 e. The highest BCUT2D eigenvalue weighted by Crippen LogP contribution is 2.70. The Morgan fingerprint density at radius 1 is 1.00 bits per heavy atom. The fourth-order valence-corrected chi connectivity index (χ4v) is 10.7. The Labute approximate surface area is 340 Å². The molecule has 3 aliphatic heterocycles. The number of rotatable bonds is 8. The maximum absolute atomic E-state index is 17.0. The van der Waals surface area contributed by atoms with Crippen LogP contribution < -0.4 is 10.6 Å². The number of likely N-dealkylation sites (tertiary alicyclic amines) is 1. The topological polar surface area (TPSA) is 124 Å². The number of carbonyl (C=O) groups is 2. The molecule has 4 heterocycles. The number of halogens is 4. The van der Waals surface area contributed by atoms with Crippen LogP contribution in [0.2, 0.25) is 10.2 Å². The molecule has 57 heavy (non-hydrogen) atoms. The number of fused-ring (bicyclic) bond motifs is 3. The highest BCUT2D eigenvalue weighted by molar-refractivity contribution is 6.31. The second-order valence-corrected chi connectivity index (χ2v) is 17.5. The third kappa shape index (κ3) is 6.55. The van der Waals surface area contributed by atoms with Gasteiger partial charge in [0.25, 0.3) is 0 Å². The number of pyridine rings is 1. The van der Waals surface area contributed by atoms with E-state index in [0.29, 0.717) is 49.7 Å². The van der Waals surface area contributed by atoms with Gasteiger partial charge in [0.15, 0.2) is 11.0 Å². The van der Waals surface area contributed by atoms with Gasteiger partial charge in [-0.3, -0.25) is 14.5 Å². The van der Waals surface area contributed by atoms with Crippen LogP contribution in [-0.2, 0) is 19.7 Å². The van der Waals surface area contributed by atoms with Gasteiger partial charge in [0, 0.05) is 23.3 Å². The van der Waals surface area contributed by atoms with Crippen molar-refractivity contribution in [2.24, 2.45) is 5.41 Å². The molecule has 3 aromatic carbocycles. The number of nitrogens with zero attached hydrogens (tertiary/aromatic N) is 2. The Kier molecular flexibility index (Phi) is 10.7. The number of hydrogen-bond acceptors (Lipinski definition) is 7. The summed E-state index contributed by atoms with van der Waals surface area (Å²) in [6.07, 6.45) is 2.53. The molecular formula is C44H46Cl2F2N4O5. The predicted molar refractivity (Wildman–Crippen MR) is 213 cm³/mol. The van der Waals surface area contributed by atoms with E-state index in [1.54, 1.807) is 0 Å². The van der Waals surface area contributed by atoms with E-state index in [4.69, 9.17) is 27.9 Å². The number of aliphatic hydroxyl groups is 2. The Morgan fingerprint density at radius 3 is 2.30 bits per heavy atom. The van der Waals surface area contributed by atoms with Crippen LogP contribution in [0.4, 0.5) is 14.5 Å². The zero-order valence-corrected chi connectivity index (χ0v) is 33.2. The predicted octanol–water partition coefficient (Wildman–Crippen LogP) is 7.79. The van der Waals surface area contributed by atoms with Gasteiger partial charge < -0.3 is 25.6 Å². The van der Waals surface area contributed by atoms with Gasteiger partial charge in [-0.1, -0.05) is 97.7 Å². The molecule has 1 aromatic heterocycles. The Balaban J connectivity index is 1.47. The van der Waals surface area contributed by atoms with Crippen molar-refractivity contribution in [2.75, 3.05) is 18.5 Å². The first kappa shape index (κ1) is 39.8. The van der Waals surface area contributed by atoms with Crippen LogP contribution >= 0.6 is 23.2 Å². The summed E-state index contributed by atoms with van der Waals surface area (Å²) in [6.45, 7) is 4.26. The summed E-state index contributed by atoms with van der Waals surface area (Å²) in [4.78, 5) is 37.2. The summed E-state index contributed by atoms with van der Waals surface area (Å²) in [5.41, 5.74) is -1.66. The molecule has 8 rings (SSSR count). The minimum absolute atomic E-state index is 0.0403. The SMILES string of the molecule is CC1(C)CCC2(CC1)N([C@H](c1ccccc1)[C@@H](O)c1ccccc1)[C@@H](C(=O)N[C@@H]1CC[C@@H](CO)OC1)[C@H](c1ccnc(Cl)c1F)[C@]21C(=O)Nc2cc(Cl)c(F)cc21. The molecule has 1 aliphatic carbocycles. The van der Waals surface area contributed by atoms with Crippen molar-refractivity contribution in [1.29, 1.82) is 0 Å². The molecule has 0 radical (unpaired) electrons. The second-order valence-electron chi connectivity index (χ2n) is 16.7. The zero-order valence-electron chi connectivity index (χ0n) is 31.7. The highest BCUT2D eigenvalue weighted by atomic mass is 35.5. The molecule has 3 fully saturated rings. The quantitative estimate of drug-likeness (QED) is 0.134. The summed E-state index contributed by atoms with van der Waals surface area (Å²) in [5, 5.41) is 28.1. The average molecular weight is 820 g/mol. The summed E-state index contributed by atoms with van der Waals surface area (Å²) in [5.74, 6) is -4.07. The second kappa shape index (κ2) is 15.3. The number of hydrogen-bond donors (Lipinski definition) is 4. The van der Waals surface area contributed by atoms with E-state index in [0.717, 1.165) is 0 Å². The molecule has 2 saturated heterocycles. The van der Waals surface area contributed by atoms with Gasteiger partial charge in [0.2, 0.25) is 11.8 Å². The van der Waals surface area contributed by atoms with Gasteiger partial charge in [-0.2, -0.15) is 0 Å². The van der Waals surface area contributed by atoms with Crippen LogP contribution in [0.1, 0.15) is 92.7 Å². The van der Waals surface area contributed by atoms with Gasteiger partial charge >= 0.3 is 0 Å². The van der Waals surface area contributed by atoms with Crippen LogP contribution in [0.3, 0.4) is 0 Å². The minimum atomic E-state index is -1.83. The van der Waals surface area contributed by atoms with Gasteiger partial charge in [0.1, 0.15) is 11.2 Å². The van der Waals surface area contributed by atoms with Crippen LogP contribution in [0.5, 0.6) is 0 Å². The number of nitrogens with one attached hydrogen (secondary N) is 2. The summed E-state index contributed by atoms with van der Waals surface area (Å²) in [7, 11) is 0. The van der Waals surface area contributed by atoms with Crippen molar-refractivity contribution in [2.45, 2.75) is 99.6 Å². The maximum atomic E-state index is 17.0. The normalized spacial score (nSPS) is 27.5. The van der Waals surface area contributed by atoms with Crippen molar-refractivity contribution < 1.29 is 33.3 Å². The molecule has 4 aromatic rings. The van der Waals surface area contributed by atoms with Crippen molar-refractivity contribution >= 4 is 40.7 Å². The summed E-state index contributed by atoms with van der Waals surface area (Å²) >= 11 is 12.8. The van der Waals surface area contributed by atoms with Crippen molar-refractivity contribution in [3.63, 3.8) is 0 Å². The fourth-order valence-electron chi connectivity index (χ4n) is 10.4. The molecule has 7 atom stereocenters. The number of aromatic nitrogens is 1. The van der Waals surface area contributed by atoms with Crippen molar-refractivity contribution in [1.82, 2.24) is 15.2 Å². The molecule has 0 unspecified atom stereocenters. The number of anilines is 1. The van der Waals surface area contributed by atoms with E-state index in [-0.39, 0.29) is 46.6 Å². The van der Waals surface area contributed by atoms with Crippen molar-refractivity contribution in [3.8, 4) is 0 Å². The Hall–Kier alpha value is -3.97. The lowest BCUT2D eigenvalue weighted by atomic mass is 9.53. The number of amides is 2. The Bertz CT molecular complexity index is 2150. The number of carbonyl (C=O) groups excluding carboxylic acids is 2. The molecule has 13 heteroatoms. The standard InChI is InChI=1S/C44H46Cl2F2N4O5/c1-42(2)16-18-43(19-17-42)44(30-21-32(47)31(45)22-33(30)51-41(44)56)34(29-15-20-49-39(46)35(29)48)37(40(55)50-27-13-14-28(23-53)57-24-27)52(43)36(25-9-5-3-6-10-25)38(54)26-11-7-4-8-12-26/h3-12,15,20-22,27-28,34,36-38,53-54H,13-14,16-19,23-24H2,1-2H3,(H,50,55)(H,51,56)/t27-,28+,34+,36-,37-,38+,44-/m1/s1. The first-order chi connectivity index (χ1) is 27.3. The summed E-state index contributed by atoms with van der Waals surface area (Å²) in [6, 6.07) is 19.7. The molecule has 300 valence electrons. The number of ether oxygens (including phenoxy) is 1. The van der Waals surface area contributed by atoms with E-state index in [1.807, 2.05) is 65.6 Å². The lowest BCUT2D eigenvalue weighted by molar-refractivity contribution is -0.138. The average Bonchev–Trinajstić information content (AvgIpc) is 3.63. The molecule has 4 aliphatic rings. The largest absolute Gasteiger partial charge is 0.394 e. The molecule has 4 N–H and O–H groups in total. The lowest BCUT2D eigenvalue weighted by Crippen LogP contribution is -2.64. The lowest BCUT2D eigenvalue weighted by Gasteiger charge is -2.56. The molecule has 0 bridgehead atoms. The van der Waals surface area contributed by atoms with Gasteiger partial charge in [-0.05, 0) is 84.4 Å². The van der Waals surface area contributed by atoms with E-state index in [2.05, 4.69) is 29.5 Å². The van der Waals surface area contributed by atoms with Gasteiger partial charge in [0.05, 0.1) is 48.6 Å². The van der Waals surface area contributed by atoms with E-state index in [9.17, 15) is 10.2 Å². The smallest absolute Gasteiger partial charge is 0.238 e. The van der Waals surface area contributed by atoms with Crippen LogP contribution in [0.15, 0.2) is 85.1 Å². The number of benzene rings is 3. The van der Waals surface area contributed by atoms with Crippen molar-refractivity contribution in [3.05, 3.63) is 129 Å². The Morgan fingerprint density at radius 2 is 1.67 bits per heavy atom. The molecule has 1 saturated carbocycles. The molecular weight excluding hydrogens is 773 g/mol. The monoisotopic (exact) mass is 818 g/mol. The van der Waals surface area contributed by atoms with Crippen LogP contribution in [0, 0.1) is 17.0 Å². The number of aliphatic hydroxyl groups excluding tert-OH is 2. The van der Waals surface area contributed by atoms with Crippen LogP contribution in [0.25, 0.3) is 0 Å². The van der Waals surface area contributed by atoms with E-state index in [1.165, 1.54) is 24.4 Å². The highest BCUT2D eigenvalue weighted by Gasteiger charge is 2.77. The first-order valence-corrected chi connectivity index (χ1v) is 20.3. The molecule has 2 spiro atoms. The van der Waals surface area contributed by atoms with Gasteiger partial charge in [-0.15, -0.1) is 0 Å². The summed E-state index contributed by atoms with van der Waals surface area (Å²) < 4.78 is 38.9.